The van der Waals surface area contributed by atoms with Crippen molar-refractivity contribution in [3.8, 4) is 0 Å². The number of thioether (sulfide) groups is 1. The van der Waals surface area contributed by atoms with Crippen LogP contribution in [0.25, 0.3) is 0 Å². The Morgan fingerprint density at radius 2 is 2.05 bits per heavy atom. The molecule has 0 unspecified atom stereocenters. The number of nitrogens with zero attached hydrogens (tertiary/aromatic N) is 2. The first kappa shape index (κ1) is 15.3. The van der Waals surface area contributed by atoms with Gasteiger partial charge in [-0.1, -0.05) is 48.5 Å². The van der Waals surface area contributed by atoms with E-state index in [9.17, 15) is 4.79 Å². The van der Waals surface area contributed by atoms with Gasteiger partial charge in [0, 0.05) is 17.3 Å². The highest BCUT2D eigenvalue weighted by Crippen LogP contribution is 2.18. The topological polar surface area (TPSA) is 68.9 Å². The van der Waals surface area contributed by atoms with Crippen LogP contribution in [0.1, 0.15) is 28.4 Å². The number of nitrogens with two attached hydrogens (primary N) is 1. The minimum atomic E-state index is -0.0411. The average Bonchev–Trinajstić information content (AvgIpc) is 2.48. The highest BCUT2D eigenvalue weighted by molar-refractivity contribution is 8.02. The molecule has 0 aliphatic heterocycles. The predicted molar refractivity (Wildman–Crippen MR) is 86.3 cm³/mol. The first-order valence-electron chi connectivity index (χ1n) is 6.65. The number of carbonyl (C=O) groups is 1. The van der Waals surface area contributed by atoms with Crippen molar-refractivity contribution in [3.05, 3.63) is 58.6 Å². The summed E-state index contributed by atoms with van der Waals surface area (Å²) in [6, 6.07) is 7.47. The van der Waals surface area contributed by atoms with Crippen LogP contribution < -0.4 is 5.73 Å². The van der Waals surface area contributed by atoms with E-state index in [4.69, 9.17) is 5.73 Å². The Morgan fingerprint density at radius 1 is 1.33 bits per heavy atom. The van der Waals surface area contributed by atoms with Crippen molar-refractivity contribution in [2.45, 2.75) is 25.4 Å². The third-order valence-corrected chi connectivity index (χ3v) is 3.67. The zero-order valence-electron chi connectivity index (χ0n) is 12.0. The number of nitrogen functional groups attached to an aromatic ring is 1. The number of hydrogen-bond donors (Lipinski definition) is 1. The molecule has 1 heterocycles. The van der Waals surface area contributed by atoms with Gasteiger partial charge >= 0.3 is 0 Å². The van der Waals surface area contributed by atoms with Gasteiger partial charge in [-0.2, -0.15) is 0 Å². The van der Waals surface area contributed by atoms with E-state index in [1.807, 2.05) is 38.1 Å². The quantitative estimate of drug-likeness (QED) is 0.396. The molecule has 2 rings (SSSR count). The molecule has 0 radical (unpaired) electrons. The molecule has 1 aromatic heterocycles. The van der Waals surface area contributed by atoms with Crippen molar-refractivity contribution in [3.63, 3.8) is 0 Å². The van der Waals surface area contributed by atoms with E-state index in [1.165, 1.54) is 17.8 Å². The summed E-state index contributed by atoms with van der Waals surface area (Å²) in [5, 5.41) is 2.22. The van der Waals surface area contributed by atoms with E-state index in [1.54, 1.807) is 11.6 Å². The number of hydrogen-bond acceptors (Lipinski definition) is 5. The van der Waals surface area contributed by atoms with Crippen LogP contribution in [0.3, 0.4) is 0 Å². The van der Waals surface area contributed by atoms with Crippen molar-refractivity contribution >= 4 is 23.4 Å². The van der Waals surface area contributed by atoms with Crippen LogP contribution in [0.15, 0.2) is 47.1 Å². The Kier molecular flexibility index (Phi) is 5.11. The molecule has 0 bridgehead atoms. The van der Waals surface area contributed by atoms with E-state index in [0.717, 1.165) is 17.5 Å². The first-order chi connectivity index (χ1) is 10.1. The molecule has 108 valence electrons. The second-order valence-electron chi connectivity index (χ2n) is 4.57. The fourth-order valence-corrected chi connectivity index (χ4v) is 2.28. The molecule has 0 aliphatic rings. The van der Waals surface area contributed by atoms with Crippen LogP contribution >= 0.6 is 11.8 Å². The lowest BCUT2D eigenvalue weighted by atomic mass is 10.1. The SMILES string of the molecule is CCc1cnc(S/C=C/C(=O)c2ccc(C)cc2)nc1N. The standard InChI is InChI=1S/C16H17N3OS/c1-3-12-10-18-16(19-15(12)17)21-9-8-14(20)13-6-4-11(2)5-7-13/h4-10H,3H2,1-2H3,(H2,17,18,19)/b9-8+. The molecule has 21 heavy (non-hydrogen) atoms. The molecule has 2 N–H and O–H groups in total. The molecule has 0 spiro atoms. The Balaban J connectivity index is 2.00. The normalized spacial score (nSPS) is 11.0. The average molecular weight is 299 g/mol. The molecule has 0 saturated heterocycles. The molecular weight excluding hydrogens is 282 g/mol. The fraction of sp³-hybridized carbons (Fsp3) is 0.188. The number of rotatable bonds is 5. The van der Waals surface area contributed by atoms with Crippen LogP contribution in [0, 0.1) is 6.92 Å². The summed E-state index contributed by atoms with van der Waals surface area (Å²) < 4.78 is 0. The Bertz CT molecular complexity index is 666. The largest absolute Gasteiger partial charge is 0.383 e. The lowest BCUT2D eigenvalue weighted by Gasteiger charge is -2.02. The Labute approximate surface area is 128 Å². The van der Waals surface area contributed by atoms with Gasteiger partial charge in [-0.05, 0) is 24.8 Å². The van der Waals surface area contributed by atoms with Gasteiger partial charge in [0.15, 0.2) is 10.9 Å². The number of aryl methyl sites for hydroxylation is 2. The van der Waals surface area contributed by atoms with Crippen LogP contribution in [0.2, 0.25) is 0 Å². The number of benzene rings is 1. The fourth-order valence-electron chi connectivity index (χ4n) is 1.70. The first-order valence-corrected chi connectivity index (χ1v) is 7.53. The van der Waals surface area contributed by atoms with Gasteiger partial charge in [-0.15, -0.1) is 0 Å². The summed E-state index contributed by atoms with van der Waals surface area (Å²) in [6.45, 7) is 3.99. The van der Waals surface area contributed by atoms with Gasteiger partial charge in [0.25, 0.3) is 0 Å². The van der Waals surface area contributed by atoms with Gasteiger partial charge < -0.3 is 5.73 Å². The van der Waals surface area contributed by atoms with E-state index in [2.05, 4.69) is 9.97 Å². The molecular formula is C16H17N3OS. The minimum absolute atomic E-state index is 0.0411. The van der Waals surface area contributed by atoms with Crippen LogP contribution in [0.4, 0.5) is 5.82 Å². The Hall–Kier alpha value is -2.14. The number of aromatic nitrogens is 2. The zero-order chi connectivity index (χ0) is 15.2. The maximum Gasteiger partial charge on any atom is 0.193 e. The lowest BCUT2D eigenvalue weighted by Crippen LogP contribution is -1.99. The highest BCUT2D eigenvalue weighted by atomic mass is 32.2. The highest BCUT2D eigenvalue weighted by Gasteiger charge is 2.03. The van der Waals surface area contributed by atoms with Gasteiger partial charge in [-0.3, -0.25) is 4.79 Å². The number of anilines is 1. The zero-order valence-corrected chi connectivity index (χ0v) is 12.9. The maximum absolute atomic E-state index is 11.9. The van der Waals surface area contributed by atoms with Crippen LogP contribution in [0.5, 0.6) is 0 Å². The summed E-state index contributed by atoms with van der Waals surface area (Å²) in [5.41, 5.74) is 8.54. The van der Waals surface area contributed by atoms with E-state index in [0.29, 0.717) is 16.5 Å². The van der Waals surface area contributed by atoms with E-state index < -0.39 is 0 Å². The summed E-state index contributed by atoms with van der Waals surface area (Å²) >= 11 is 1.28. The molecule has 0 aliphatic carbocycles. The van der Waals surface area contributed by atoms with Crippen molar-refractivity contribution in [2.24, 2.45) is 0 Å². The molecule has 4 nitrogen and oxygen atoms in total. The van der Waals surface area contributed by atoms with Crippen molar-refractivity contribution in [2.75, 3.05) is 5.73 Å². The summed E-state index contributed by atoms with van der Waals surface area (Å²) in [5.74, 6) is 0.453. The van der Waals surface area contributed by atoms with Gasteiger partial charge in [-0.25, -0.2) is 9.97 Å². The molecule has 0 atom stereocenters. The third kappa shape index (κ3) is 4.16. The Morgan fingerprint density at radius 3 is 2.67 bits per heavy atom. The molecule has 1 aromatic carbocycles. The van der Waals surface area contributed by atoms with E-state index in [-0.39, 0.29) is 5.78 Å². The molecule has 0 fully saturated rings. The second kappa shape index (κ2) is 7.04. The minimum Gasteiger partial charge on any atom is -0.383 e. The lowest BCUT2D eigenvalue weighted by molar-refractivity contribution is 0.104. The number of carbonyl (C=O) groups excluding carboxylic acids is 1. The van der Waals surface area contributed by atoms with Crippen LogP contribution in [-0.2, 0) is 6.42 Å². The van der Waals surface area contributed by atoms with E-state index >= 15 is 0 Å². The molecule has 2 aromatic rings. The monoisotopic (exact) mass is 299 g/mol. The maximum atomic E-state index is 11.9. The molecule has 0 amide bonds. The summed E-state index contributed by atoms with van der Waals surface area (Å²) in [7, 11) is 0. The van der Waals surface area contributed by atoms with Gasteiger partial charge in [0.2, 0.25) is 0 Å². The number of ketones is 1. The molecule has 5 heteroatoms. The molecule has 0 saturated carbocycles. The van der Waals surface area contributed by atoms with Crippen molar-refractivity contribution < 1.29 is 4.79 Å². The van der Waals surface area contributed by atoms with Crippen molar-refractivity contribution in [1.29, 1.82) is 0 Å². The number of allylic oxidation sites excluding steroid dienone is 1. The van der Waals surface area contributed by atoms with Gasteiger partial charge in [0.05, 0.1) is 0 Å². The summed E-state index contributed by atoms with van der Waals surface area (Å²) in [6.07, 6.45) is 4.04. The smallest absolute Gasteiger partial charge is 0.193 e. The summed E-state index contributed by atoms with van der Waals surface area (Å²) in [4.78, 5) is 20.3. The second-order valence-corrected chi connectivity index (χ2v) is 5.44. The predicted octanol–water partition coefficient (Wildman–Crippen LogP) is 3.42. The van der Waals surface area contributed by atoms with Crippen molar-refractivity contribution in [1.82, 2.24) is 9.97 Å². The van der Waals surface area contributed by atoms with Gasteiger partial charge in [0.1, 0.15) is 5.82 Å². The third-order valence-electron chi connectivity index (χ3n) is 2.99. The van der Waals surface area contributed by atoms with Crippen LogP contribution in [-0.4, -0.2) is 15.8 Å².